The van der Waals surface area contributed by atoms with Crippen LogP contribution in [0, 0.1) is 0 Å². The molecular weight excluding hydrogens is 653 g/mol. The van der Waals surface area contributed by atoms with Crippen LogP contribution in [-0.2, 0) is 0 Å². The molecule has 0 aliphatic carbocycles. The van der Waals surface area contributed by atoms with Gasteiger partial charge < -0.3 is 9.47 Å². The monoisotopic (exact) mass is 688 g/mol. The zero-order valence-corrected chi connectivity index (χ0v) is 29.7. The number of anilines is 3. The van der Waals surface area contributed by atoms with Crippen LogP contribution < -0.4 is 4.90 Å². The average molecular weight is 689 g/mol. The molecule has 0 aliphatic heterocycles. The third-order valence-electron chi connectivity index (χ3n) is 10.6. The predicted molar refractivity (Wildman–Crippen MR) is 229 cm³/mol. The summed E-state index contributed by atoms with van der Waals surface area (Å²) in [5.74, 6) is 0. The van der Waals surface area contributed by atoms with E-state index in [1.165, 1.54) is 60.4 Å². The Labute approximate surface area is 315 Å². The lowest BCUT2D eigenvalue weighted by atomic mass is 9.94. The molecule has 0 radical (unpaired) electrons. The number of aromatic nitrogens is 1. The van der Waals surface area contributed by atoms with Gasteiger partial charge in [-0.2, -0.15) is 0 Å². The first-order valence-electron chi connectivity index (χ1n) is 18.5. The molecule has 10 rings (SSSR count). The van der Waals surface area contributed by atoms with Crippen molar-refractivity contribution in [3.8, 4) is 39.1 Å². The summed E-state index contributed by atoms with van der Waals surface area (Å²) in [5, 5.41) is 4.92. The molecule has 0 spiro atoms. The second-order valence-corrected chi connectivity index (χ2v) is 13.8. The van der Waals surface area contributed by atoms with Crippen molar-refractivity contribution >= 4 is 49.6 Å². The summed E-state index contributed by atoms with van der Waals surface area (Å²) in [6.07, 6.45) is 0. The summed E-state index contributed by atoms with van der Waals surface area (Å²) in [7, 11) is 0. The van der Waals surface area contributed by atoms with Gasteiger partial charge in [0.2, 0.25) is 0 Å². The van der Waals surface area contributed by atoms with Crippen molar-refractivity contribution in [3.63, 3.8) is 0 Å². The van der Waals surface area contributed by atoms with Gasteiger partial charge in [-0.1, -0.05) is 158 Å². The highest BCUT2D eigenvalue weighted by atomic mass is 15.1. The zero-order chi connectivity index (χ0) is 35.8. The molecule has 0 fully saturated rings. The quantitative estimate of drug-likeness (QED) is 0.162. The van der Waals surface area contributed by atoms with E-state index < -0.39 is 0 Å². The molecule has 254 valence electrons. The Kier molecular flexibility index (Phi) is 7.85. The lowest BCUT2D eigenvalue weighted by Gasteiger charge is -2.29. The van der Waals surface area contributed by atoms with Gasteiger partial charge in [-0.05, 0) is 99.3 Å². The van der Waals surface area contributed by atoms with Gasteiger partial charge in [-0.15, -0.1) is 0 Å². The van der Waals surface area contributed by atoms with Crippen LogP contribution >= 0.6 is 0 Å². The van der Waals surface area contributed by atoms with Crippen molar-refractivity contribution in [1.29, 1.82) is 0 Å². The third kappa shape index (κ3) is 5.62. The second kappa shape index (κ2) is 13.4. The van der Waals surface area contributed by atoms with Crippen molar-refractivity contribution in [1.82, 2.24) is 4.57 Å². The molecule has 0 amide bonds. The molecule has 2 nitrogen and oxygen atoms in total. The molecule has 0 N–H and O–H groups in total. The van der Waals surface area contributed by atoms with Crippen LogP contribution in [0.2, 0.25) is 0 Å². The van der Waals surface area contributed by atoms with Gasteiger partial charge in [0, 0.05) is 33.4 Å². The Hall–Kier alpha value is -7.16. The Morgan fingerprint density at radius 1 is 0.315 bits per heavy atom. The number of rotatable bonds is 7. The number of nitrogens with zero attached hydrogens (tertiary/aromatic N) is 2. The molecule has 0 aliphatic rings. The van der Waals surface area contributed by atoms with Gasteiger partial charge in [0.15, 0.2) is 0 Å². The van der Waals surface area contributed by atoms with Crippen LogP contribution in [0.1, 0.15) is 0 Å². The number of para-hydroxylation sites is 2. The minimum absolute atomic E-state index is 1.09. The maximum atomic E-state index is 2.43. The molecule has 1 heterocycles. The number of hydrogen-bond donors (Lipinski definition) is 0. The fraction of sp³-hybridized carbons (Fsp3) is 0. The van der Waals surface area contributed by atoms with Crippen LogP contribution in [0.25, 0.3) is 71.6 Å². The minimum Gasteiger partial charge on any atom is -0.310 e. The van der Waals surface area contributed by atoms with E-state index in [-0.39, 0.29) is 0 Å². The smallest absolute Gasteiger partial charge is 0.0561 e. The Bertz CT molecular complexity index is 2910. The van der Waals surface area contributed by atoms with Crippen molar-refractivity contribution in [3.05, 3.63) is 218 Å². The number of benzene rings is 9. The molecular formula is C52H36N2. The molecule has 9 aromatic carbocycles. The fourth-order valence-electron chi connectivity index (χ4n) is 7.94. The van der Waals surface area contributed by atoms with Crippen molar-refractivity contribution < 1.29 is 0 Å². The van der Waals surface area contributed by atoms with Gasteiger partial charge in [0.05, 0.1) is 16.7 Å². The zero-order valence-electron chi connectivity index (χ0n) is 29.7. The van der Waals surface area contributed by atoms with E-state index in [1.54, 1.807) is 0 Å². The standard InChI is InChI=1S/C52H36N2/c1-4-14-37(15-5-1)40-26-29-45(30-27-40)53(46-31-32-48-47-22-12-13-23-50(47)54(52(48)36-46)44-20-8-3-9-21-44)51-33-28-42(38-16-6-2-7-17-38)35-49(51)43-25-24-39-18-10-11-19-41(39)34-43/h1-36H. The molecule has 1 aromatic heterocycles. The molecule has 0 unspecified atom stereocenters. The normalized spacial score (nSPS) is 11.3. The topological polar surface area (TPSA) is 8.17 Å². The lowest BCUT2D eigenvalue weighted by molar-refractivity contribution is 1.18. The van der Waals surface area contributed by atoms with E-state index in [4.69, 9.17) is 0 Å². The van der Waals surface area contributed by atoms with E-state index in [0.29, 0.717) is 0 Å². The molecule has 10 aromatic rings. The largest absolute Gasteiger partial charge is 0.310 e. The summed E-state index contributed by atoms with van der Waals surface area (Å²) in [6, 6.07) is 79.0. The highest BCUT2D eigenvalue weighted by molar-refractivity contribution is 6.10. The first kappa shape index (κ1) is 31.6. The van der Waals surface area contributed by atoms with E-state index in [0.717, 1.165) is 28.3 Å². The summed E-state index contributed by atoms with van der Waals surface area (Å²) < 4.78 is 2.40. The number of hydrogen-bond acceptors (Lipinski definition) is 1. The second-order valence-electron chi connectivity index (χ2n) is 13.8. The minimum atomic E-state index is 1.09. The van der Waals surface area contributed by atoms with Crippen LogP contribution in [0.4, 0.5) is 17.1 Å². The molecule has 0 saturated heterocycles. The highest BCUT2D eigenvalue weighted by Gasteiger charge is 2.21. The maximum absolute atomic E-state index is 2.43. The van der Waals surface area contributed by atoms with Crippen molar-refractivity contribution in [2.75, 3.05) is 4.90 Å². The third-order valence-corrected chi connectivity index (χ3v) is 10.6. The van der Waals surface area contributed by atoms with Crippen LogP contribution in [0.15, 0.2) is 218 Å². The average Bonchev–Trinajstić information content (AvgIpc) is 3.58. The Balaban J connectivity index is 1.24. The van der Waals surface area contributed by atoms with Crippen molar-refractivity contribution in [2.24, 2.45) is 0 Å². The molecule has 54 heavy (non-hydrogen) atoms. The lowest BCUT2D eigenvalue weighted by Crippen LogP contribution is -2.11. The van der Waals surface area contributed by atoms with E-state index in [2.05, 4.69) is 228 Å². The molecule has 2 heteroatoms. The van der Waals surface area contributed by atoms with E-state index in [9.17, 15) is 0 Å². The van der Waals surface area contributed by atoms with Gasteiger partial charge >= 0.3 is 0 Å². The van der Waals surface area contributed by atoms with Crippen molar-refractivity contribution in [2.45, 2.75) is 0 Å². The first-order valence-corrected chi connectivity index (χ1v) is 18.5. The molecule has 0 bridgehead atoms. The number of fused-ring (bicyclic) bond motifs is 4. The first-order chi connectivity index (χ1) is 26.8. The highest BCUT2D eigenvalue weighted by Crippen LogP contribution is 2.45. The predicted octanol–water partition coefficient (Wildman–Crippen LogP) is 14.4. The van der Waals surface area contributed by atoms with E-state index in [1.807, 2.05) is 0 Å². The summed E-state index contributed by atoms with van der Waals surface area (Å²) in [5.41, 5.74) is 13.9. The van der Waals surface area contributed by atoms with Crippen LogP contribution in [0.5, 0.6) is 0 Å². The summed E-state index contributed by atoms with van der Waals surface area (Å²) >= 11 is 0. The van der Waals surface area contributed by atoms with Crippen LogP contribution in [-0.4, -0.2) is 4.57 Å². The Morgan fingerprint density at radius 2 is 0.870 bits per heavy atom. The van der Waals surface area contributed by atoms with Gasteiger partial charge in [-0.3, -0.25) is 0 Å². The van der Waals surface area contributed by atoms with Gasteiger partial charge in [0.25, 0.3) is 0 Å². The van der Waals surface area contributed by atoms with E-state index >= 15 is 0 Å². The molecule has 0 atom stereocenters. The summed E-state index contributed by atoms with van der Waals surface area (Å²) in [6.45, 7) is 0. The summed E-state index contributed by atoms with van der Waals surface area (Å²) in [4.78, 5) is 2.43. The molecule has 0 saturated carbocycles. The van der Waals surface area contributed by atoms with Gasteiger partial charge in [-0.25, -0.2) is 0 Å². The fourth-order valence-corrected chi connectivity index (χ4v) is 7.94. The maximum Gasteiger partial charge on any atom is 0.0561 e. The van der Waals surface area contributed by atoms with Gasteiger partial charge in [0.1, 0.15) is 0 Å². The van der Waals surface area contributed by atoms with Crippen LogP contribution in [0.3, 0.4) is 0 Å². The SMILES string of the molecule is c1ccc(-c2ccc(N(c3ccc4c5ccccc5n(-c5ccccc5)c4c3)c3ccc(-c4ccccc4)cc3-c3ccc4ccccc4c3)cc2)cc1. The Morgan fingerprint density at radius 3 is 1.63 bits per heavy atom.